The number of hydrogen-bond acceptors (Lipinski definition) is 1. The summed E-state index contributed by atoms with van der Waals surface area (Å²) in [5.41, 5.74) is 1.14. The van der Waals surface area contributed by atoms with Crippen LogP contribution >= 0.6 is 11.6 Å². The van der Waals surface area contributed by atoms with Crippen molar-refractivity contribution < 1.29 is 4.74 Å². The Bertz CT molecular complexity index is 320. The molecule has 0 saturated heterocycles. The number of rotatable bonds is 4. The highest BCUT2D eigenvalue weighted by Crippen LogP contribution is 2.31. The third-order valence-electron chi connectivity index (χ3n) is 2.24. The van der Waals surface area contributed by atoms with Crippen molar-refractivity contribution in [2.45, 2.75) is 19.3 Å². The number of allylic oxidation sites excluding steroid dienone is 1. The van der Waals surface area contributed by atoms with Crippen molar-refractivity contribution >= 4 is 11.6 Å². The van der Waals surface area contributed by atoms with E-state index in [0.717, 1.165) is 22.8 Å². The molecule has 1 aromatic rings. The second-order valence-electron chi connectivity index (χ2n) is 3.31. The third kappa shape index (κ3) is 2.52. The van der Waals surface area contributed by atoms with Gasteiger partial charge in [-0.2, -0.15) is 0 Å². The molecule has 14 heavy (non-hydrogen) atoms. The van der Waals surface area contributed by atoms with Crippen LogP contribution in [0.3, 0.4) is 0 Å². The Morgan fingerprint density at radius 1 is 1.57 bits per heavy atom. The minimum absolute atomic E-state index is 0.390. The number of methoxy groups -OCH3 is 1. The Morgan fingerprint density at radius 3 is 2.86 bits per heavy atom. The van der Waals surface area contributed by atoms with Gasteiger partial charge in [0, 0.05) is 5.02 Å². The average Bonchev–Trinajstić information content (AvgIpc) is 2.18. The molecule has 1 aromatic carbocycles. The first-order chi connectivity index (χ1) is 6.69. The van der Waals surface area contributed by atoms with Crippen LogP contribution in [0, 0.1) is 0 Å². The van der Waals surface area contributed by atoms with Gasteiger partial charge in [-0.3, -0.25) is 0 Å². The molecule has 0 fully saturated rings. The van der Waals surface area contributed by atoms with E-state index in [1.165, 1.54) is 0 Å². The van der Waals surface area contributed by atoms with E-state index in [0.29, 0.717) is 5.92 Å². The molecule has 0 aromatic heterocycles. The number of ether oxygens (including phenoxy) is 1. The fourth-order valence-electron chi connectivity index (χ4n) is 1.47. The van der Waals surface area contributed by atoms with Crippen LogP contribution in [0.5, 0.6) is 5.75 Å². The Morgan fingerprint density at radius 2 is 2.29 bits per heavy atom. The third-order valence-corrected chi connectivity index (χ3v) is 2.48. The maximum Gasteiger partial charge on any atom is 0.122 e. The lowest BCUT2D eigenvalue weighted by atomic mass is 9.97. The summed E-state index contributed by atoms with van der Waals surface area (Å²) >= 11 is 5.94. The van der Waals surface area contributed by atoms with Crippen molar-refractivity contribution in [3.05, 3.63) is 41.4 Å². The molecular weight excluding hydrogens is 196 g/mol. The summed E-state index contributed by atoms with van der Waals surface area (Å²) in [4.78, 5) is 0. The Balaban J connectivity index is 3.02. The van der Waals surface area contributed by atoms with Crippen molar-refractivity contribution in [2.24, 2.45) is 0 Å². The first-order valence-corrected chi connectivity index (χ1v) is 5.01. The van der Waals surface area contributed by atoms with Gasteiger partial charge in [0.25, 0.3) is 0 Å². The maximum atomic E-state index is 5.94. The van der Waals surface area contributed by atoms with Crippen LogP contribution in [-0.4, -0.2) is 7.11 Å². The molecule has 0 bridgehead atoms. The van der Waals surface area contributed by atoms with Crippen molar-refractivity contribution in [1.29, 1.82) is 0 Å². The molecule has 1 unspecified atom stereocenters. The number of benzene rings is 1. The summed E-state index contributed by atoms with van der Waals surface area (Å²) in [6.45, 7) is 5.87. The van der Waals surface area contributed by atoms with Crippen molar-refractivity contribution in [2.75, 3.05) is 7.11 Å². The second-order valence-corrected chi connectivity index (χ2v) is 3.75. The van der Waals surface area contributed by atoms with E-state index >= 15 is 0 Å². The predicted octanol–water partition coefficient (Wildman–Crippen LogP) is 4.03. The smallest absolute Gasteiger partial charge is 0.122 e. The van der Waals surface area contributed by atoms with E-state index in [1.807, 2.05) is 24.3 Å². The van der Waals surface area contributed by atoms with Gasteiger partial charge in [0.15, 0.2) is 0 Å². The molecule has 1 nitrogen and oxygen atoms in total. The molecule has 0 radical (unpaired) electrons. The topological polar surface area (TPSA) is 9.23 Å². The van der Waals surface area contributed by atoms with Gasteiger partial charge in [-0.25, -0.2) is 0 Å². The zero-order valence-corrected chi connectivity index (χ0v) is 9.34. The molecule has 0 N–H and O–H groups in total. The fraction of sp³-hybridized carbons (Fsp3) is 0.333. The standard InChI is InChI=1S/C12H15ClO/c1-4-5-9(2)11-8-10(13)6-7-12(11)14-3/h4,6-9H,1,5H2,2-3H3. The largest absolute Gasteiger partial charge is 0.496 e. The van der Waals surface area contributed by atoms with Crippen LogP contribution in [-0.2, 0) is 0 Å². The summed E-state index contributed by atoms with van der Waals surface area (Å²) < 4.78 is 5.27. The van der Waals surface area contributed by atoms with Crippen LogP contribution in [0.2, 0.25) is 5.02 Å². The van der Waals surface area contributed by atoms with Gasteiger partial charge in [-0.15, -0.1) is 6.58 Å². The van der Waals surface area contributed by atoms with E-state index in [4.69, 9.17) is 16.3 Å². The van der Waals surface area contributed by atoms with E-state index < -0.39 is 0 Å². The summed E-state index contributed by atoms with van der Waals surface area (Å²) in [7, 11) is 1.67. The summed E-state index contributed by atoms with van der Waals surface area (Å²) in [6, 6.07) is 5.69. The highest BCUT2D eigenvalue weighted by Gasteiger charge is 2.10. The van der Waals surface area contributed by atoms with Crippen LogP contribution in [0.1, 0.15) is 24.8 Å². The molecule has 76 valence electrons. The Hall–Kier alpha value is -0.950. The van der Waals surface area contributed by atoms with Crippen molar-refractivity contribution in [3.8, 4) is 5.75 Å². The monoisotopic (exact) mass is 210 g/mol. The van der Waals surface area contributed by atoms with E-state index in [-0.39, 0.29) is 0 Å². The maximum absolute atomic E-state index is 5.94. The van der Waals surface area contributed by atoms with Gasteiger partial charge < -0.3 is 4.74 Å². The summed E-state index contributed by atoms with van der Waals surface area (Å²) in [5.74, 6) is 1.28. The fourth-order valence-corrected chi connectivity index (χ4v) is 1.65. The molecular formula is C12H15ClO. The number of hydrogen-bond donors (Lipinski definition) is 0. The molecule has 0 aliphatic carbocycles. The van der Waals surface area contributed by atoms with E-state index in [9.17, 15) is 0 Å². The SMILES string of the molecule is C=CCC(C)c1cc(Cl)ccc1OC. The number of halogens is 1. The van der Waals surface area contributed by atoms with Gasteiger partial charge in [0.1, 0.15) is 5.75 Å². The molecule has 0 spiro atoms. The van der Waals surface area contributed by atoms with Crippen molar-refractivity contribution in [1.82, 2.24) is 0 Å². The minimum Gasteiger partial charge on any atom is -0.496 e. The quantitative estimate of drug-likeness (QED) is 0.682. The van der Waals surface area contributed by atoms with Gasteiger partial charge in [0.05, 0.1) is 7.11 Å². The van der Waals surface area contributed by atoms with Crippen LogP contribution in [0.25, 0.3) is 0 Å². The lowest BCUT2D eigenvalue weighted by Gasteiger charge is -2.14. The summed E-state index contributed by atoms with van der Waals surface area (Å²) in [6.07, 6.45) is 2.84. The summed E-state index contributed by atoms with van der Waals surface area (Å²) in [5, 5.41) is 0.747. The van der Waals surface area contributed by atoms with Crippen LogP contribution in [0.15, 0.2) is 30.9 Å². The lowest BCUT2D eigenvalue weighted by Crippen LogP contribution is -1.96. The Kier molecular flexibility index (Phi) is 4.02. The lowest BCUT2D eigenvalue weighted by molar-refractivity contribution is 0.406. The average molecular weight is 211 g/mol. The van der Waals surface area contributed by atoms with Gasteiger partial charge in [-0.05, 0) is 36.1 Å². The molecule has 0 amide bonds. The second kappa shape index (κ2) is 5.06. The van der Waals surface area contributed by atoms with Crippen molar-refractivity contribution in [3.63, 3.8) is 0 Å². The van der Waals surface area contributed by atoms with E-state index in [1.54, 1.807) is 7.11 Å². The van der Waals surface area contributed by atoms with Gasteiger partial charge in [-0.1, -0.05) is 24.6 Å². The highest BCUT2D eigenvalue weighted by molar-refractivity contribution is 6.30. The molecule has 0 heterocycles. The zero-order valence-electron chi connectivity index (χ0n) is 8.59. The molecule has 1 atom stereocenters. The first-order valence-electron chi connectivity index (χ1n) is 4.63. The molecule has 1 rings (SSSR count). The van der Waals surface area contributed by atoms with Crippen LogP contribution in [0.4, 0.5) is 0 Å². The van der Waals surface area contributed by atoms with Crippen LogP contribution < -0.4 is 4.74 Å². The Labute approximate surface area is 90.3 Å². The predicted molar refractivity (Wildman–Crippen MR) is 61.2 cm³/mol. The highest BCUT2D eigenvalue weighted by atomic mass is 35.5. The molecule has 0 saturated carbocycles. The zero-order chi connectivity index (χ0) is 10.6. The molecule has 0 aliphatic heterocycles. The van der Waals surface area contributed by atoms with E-state index in [2.05, 4.69) is 13.5 Å². The minimum atomic E-state index is 0.390. The first kappa shape index (κ1) is 11.1. The molecule has 2 heteroatoms. The van der Waals surface area contributed by atoms with Gasteiger partial charge in [0.2, 0.25) is 0 Å². The van der Waals surface area contributed by atoms with Gasteiger partial charge >= 0.3 is 0 Å². The molecule has 0 aliphatic rings. The normalized spacial score (nSPS) is 12.2.